The van der Waals surface area contributed by atoms with E-state index in [2.05, 4.69) is 4.98 Å². The van der Waals surface area contributed by atoms with Crippen LogP contribution in [0.2, 0.25) is 5.15 Å². The molecule has 1 aromatic rings. The van der Waals surface area contributed by atoms with E-state index in [1.165, 1.54) is 0 Å². The van der Waals surface area contributed by atoms with Gasteiger partial charge < -0.3 is 15.0 Å². The first-order valence-electron chi connectivity index (χ1n) is 3.25. The summed E-state index contributed by atoms with van der Waals surface area (Å²) >= 11 is 5.68. The summed E-state index contributed by atoms with van der Waals surface area (Å²) < 4.78 is 6.91. The van der Waals surface area contributed by atoms with Gasteiger partial charge in [0.2, 0.25) is 5.88 Å². The number of aryl methyl sites for hydroxylation is 1. The van der Waals surface area contributed by atoms with E-state index in [1.54, 1.807) is 10.9 Å². The lowest BCUT2D eigenvalue weighted by atomic mass is 10.7. The van der Waals surface area contributed by atoms with Gasteiger partial charge in [-0.15, -0.1) is 0 Å². The first-order valence-corrected chi connectivity index (χ1v) is 3.63. The van der Waals surface area contributed by atoms with Crippen molar-refractivity contribution in [1.29, 1.82) is 0 Å². The molecule has 0 saturated carbocycles. The Labute approximate surface area is 69.9 Å². The number of ether oxygens (including phenoxy) is 1. The average Bonchev–Trinajstić information content (AvgIpc) is 2.29. The topological polar surface area (TPSA) is 53.1 Å². The van der Waals surface area contributed by atoms with Gasteiger partial charge in [0.15, 0.2) is 5.15 Å². The second-order valence-electron chi connectivity index (χ2n) is 2.09. The average molecular weight is 176 g/mol. The smallest absolute Gasteiger partial charge is 0.233 e. The van der Waals surface area contributed by atoms with Crippen molar-refractivity contribution in [2.24, 2.45) is 12.8 Å². The molecule has 2 N–H and O–H groups in total. The van der Waals surface area contributed by atoms with Crippen molar-refractivity contribution in [1.82, 2.24) is 9.55 Å². The summed E-state index contributed by atoms with van der Waals surface area (Å²) in [6, 6.07) is 0. The molecule has 0 radical (unpaired) electrons. The maximum Gasteiger partial charge on any atom is 0.233 e. The van der Waals surface area contributed by atoms with Crippen LogP contribution in [0.1, 0.15) is 0 Å². The number of nitrogens with zero attached hydrogens (tertiary/aromatic N) is 2. The van der Waals surface area contributed by atoms with Crippen LogP contribution in [0.5, 0.6) is 5.88 Å². The molecule has 11 heavy (non-hydrogen) atoms. The summed E-state index contributed by atoms with van der Waals surface area (Å²) in [5.41, 5.74) is 5.25. The van der Waals surface area contributed by atoms with Crippen molar-refractivity contribution in [2.75, 3.05) is 13.2 Å². The molecule has 0 aliphatic heterocycles. The molecule has 1 heterocycles. The van der Waals surface area contributed by atoms with Gasteiger partial charge in [0.1, 0.15) is 6.61 Å². The van der Waals surface area contributed by atoms with Crippen molar-refractivity contribution in [2.45, 2.75) is 0 Å². The standard InChI is InChI=1S/C6H10ClN3O/c1-10-4-9-5(7)6(10)11-3-2-8/h4H,2-3,8H2,1H3. The van der Waals surface area contributed by atoms with Gasteiger partial charge in [0, 0.05) is 13.6 Å². The van der Waals surface area contributed by atoms with Crippen LogP contribution >= 0.6 is 11.6 Å². The zero-order valence-electron chi connectivity index (χ0n) is 6.25. The fourth-order valence-electron chi connectivity index (χ4n) is 0.707. The van der Waals surface area contributed by atoms with E-state index < -0.39 is 0 Å². The lowest BCUT2D eigenvalue weighted by molar-refractivity contribution is 0.305. The van der Waals surface area contributed by atoms with Crippen LogP contribution in [-0.2, 0) is 7.05 Å². The van der Waals surface area contributed by atoms with Gasteiger partial charge in [-0.2, -0.15) is 0 Å². The Morgan fingerprint density at radius 1 is 1.82 bits per heavy atom. The molecule has 0 aliphatic carbocycles. The minimum absolute atomic E-state index is 0.376. The van der Waals surface area contributed by atoms with Crippen LogP contribution in [0.4, 0.5) is 0 Å². The molecule has 0 aromatic carbocycles. The predicted octanol–water partition coefficient (Wildman–Crippen LogP) is 0.411. The second-order valence-corrected chi connectivity index (χ2v) is 2.45. The van der Waals surface area contributed by atoms with Gasteiger partial charge in [-0.1, -0.05) is 11.6 Å². The van der Waals surface area contributed by atoms with Gasteiger partial charge in [-0.3, -0.25) is 0 Å². The molecule has 1 aromatic heterocycles. The molecule has 0 aliphatic rings. The van der Waals surface area contributed by atoms with Gasteiger partial charge in [0.05, 0.1) is 6.33 Å². The summed E-state index contributed by atoms with van der Waals surface area (Å²) in [6.07, 6.45) is 1.59. The maximum atomic E-state index is 5.68. The molecule has 0 spiro atoms. The molecule has 4 nitrogen and oxygen atoms in total. The zero-order valence-corrected chi connectivity index (χ0v) is 7.01. The lowest BCUT2D eigenvalue weighted by Gasteiger charge is -2.03. The van der Waals surface area contributed by atoms with Crippen LogP contribution in [0.3, 0.4) is 0 Å². The van der Waals surface area contributed by atoms with Crippen molar-refractivity contribution >= 4 is 11.6 Å². The molecular weight excluding hydrogens is 166 g/mol. The molecule has 0 fully saturated rings. The van der Waals surface area contributed by atoms with E-state index in [9.17, 15) is 0 Å². The summed E-state index contributed by atoms with van der Waals surface area (Å²) in [7, 11) is 1.81. The minimum Gasteiger partial charge on any atom is -0.475 e. The zero-order chi connectivity index (χ0) is 8.27. The molecule has 0 atom stereocenters. The molecule has 0 bridgehead atoms. The summed E-state index contributed by atoms with van der Waals surface area (Å²) in [5, 5.41) is 0.376. The largest absolute Gasteiger partial charge is 0.475 e. The van der Waals surface area contributed by atoms with E-state index in [0.29, 0.717) is 24.2 Å². The minimum atomic E-state index is 0.376. The van der Waals surface area contributed by atoms with Crippen LogP contribution in [0.25, 0.3) is 0 Å². The van der Waals surface area contributed by atoms with Crippen LogP contribution < -0.4 is 10.5 Å². The highest BCUT2D eigenvalue weighted by Gasteiger charge is 2.05. The Hall–Kier alpha value is -0.740. The monoisotopic (exact) mass is 175 g/mol. The van der Waals surface area contributed by atoms with Crippen LogP contribution in [0, 0.1) is 0 Å². The highest BCUT2D eigenvalue weighted by Crippen LogP contribution is 2.20. The third-order valence-electron chi connectivity index (χ3n) is 1.20. The number of nitrogens with two attached hydrogens (primary N) is 1. The highest BCUT2D eigenvalue weighted by atomic mass is 35.5. The van der Waals surface area contributed by atoms with Crippen molar-refractivity contribution < 1.29 is 4.74 Å². The Kier molecular flexibility index (Phi) is 2.73. The third kappa shape index (κ3) is 1.85. The Morgan fingerprint density at radius 3 is 3.00 bits per heavy atom. The number of aromatic nitrogens is 2. The highest BCUT2D eigenvalue weighted by molar-refractivity contribution is 6.30. The molecule has 1 rings (SSSR count). The molecule has 0 saturated heterocycles. The van der Waals surface area contributed by atoms with E-state index in [4.69, 9.17) is 22.1 Å². The fourth-order valence-corrected chi connectivity index (χ4v) is 0.939. The molecule has 0 amide bonds. The van der Waals surface area contributed by atoms with E-state index in [1.807, 2.05) is 7.05 Å². The Bertz CT molecular complexity index is 216. The second kappa shape index (κ2) is 3.59. The Morgan fingerprint density at radius 2 is 2.55 bits per heavy atom. The summed E-state index contributed by atoms with van der Waals surface area (Å²) in [6.45, 7) is 0.931. The van der Waals surface area contributed by atoms with Gasteiger partial charge in [-0.25, -0.2) is 4.98 Å². The summed E-state index contributed by atoms with van der Waals surface area (Å²) in [5.74, 6) is 0.567. The third-order valence-corrected chi connectivity index (χ3v) is 1.46. The number of imidazole rings is 1. The Balaban J connectivity index is 2.67. The first-order chi connectivity index (χ1) is 5.25. The molecule has 5 heteroatoms. The fraction of sp³-hybridized carbons (Fsp3) is 0.500. The SMILES string of the molecule is Cn1cnc(Cl)c1OCCN. The first kappa shape index (κ1) is 8.36. The predicted molar refractivity (Wildman–Crippen MR) is 42.8 cm³/mol. The van der Waals surface area contributed by atoms with Crippen molar-refractivity contribution in [3.8, 4) is 5.88 Å². The van der Waals surface area contributed by atoms with Gasteiger partial charge in [0.25, 0.3) is 0 Å². The normalized spacial score (nSPS) is 10.1. The molecule has 62 valence electrons. The number of hydrogen-bond donors (Lipinski definition) is 1. The van der Waals surface area contributed by atoms with Crippen LogP contribution in [-0.4, -0.2) is 22.7 Å². The maximum absolute atomic E-state index is 5.68. The molecular formula is C6H10ClN3O. The van der Waals surface area contributed by atoms with Gasteiger partial charge >= 0.3 is 0 Å². The number of hydrogen-bond acceptors (Lipinski definition) is 3. The van der Waals surface area contributed by atoms with E-state index >= 15 is 0 Å². The van der Waals surface area contributed by atoms with Gasteiger partial charge in [-0.05, 0) is 0 Å². The lowest BCUT2D eigenvalue weighted by Crippen LogP contribution is -2.12. The number of rotatable bonds is 3. The summed E-state index contributed by atoms with van der Waals surface area (Å²) in [4.78, 5) is 3.83. The van der Waals surface area contributed by atoms with Crippen molar-refractivity contribution in [3.05, 3.63) is 11.5 Å². The van der Waals surface area contributed by atoms with E-state index in [-0.39, 0.29) is 0 Å². The number of halogens is 1. The quantitative estimate of drug-likeness (QED) is 0.724. The van der Waals surface area contributed by atoms with E-state index in [0.717, 1.165) is 0 Å². The van der Waals surface area contributed by atoms with Crippen molar-refractivity contribution in [3.63, 3.8) is 0 Å². The van der Waals surface area contributed by atoms with Crippen LogP contribution in [0.15, 0.2) is 6.33 Å². The molecule has 0 unspecified atom stereocenters.